The summed E-state index contributed by atoms with van der Waals surface area (Å²) in [5, 5.41) is 0. The lowest BCUT2D eigenvalue weighted by Gasteiger charge is -2.04. The Morgan fingerprint density at radius 3 is 1.57 bits per heavy atom. The van der Waals surface area contributed by atoms with Gasteiger partial charge in [0.25, 0.3) is 0 Å². The minimum absolute atomic E-state index is 0. The van der Waals surface area contributed by atoms with Crippen LogP contribution in [0.3, 0.4) is 0 Å². The van der Waals surface area contributed by atoms with Gasteiger partial charge in [0.15, 0.2) is 0 Å². The van der Waals surface area contributed by atoms with Crippen LogP contribution in [0.1, 0.15) is 19.3 Å². The largest absolute Gasteiger partial charge is 0.197 e. The third-order valence-electron chi connectivity index (χ3n) is 1.50. The molecule has 0 N–H and O–H groups in total. The lowest BCUT2D eigenvalue weighted by atomic mass is 10.3. The van der Waals surface area contributed by atoms with Crippen LogP contribution in [0.25, 0.3) is 0 Å². The van der Waals surface area contributed by atoms with Crippen molar-refractivity contribution in [2.24, 2.45) is 0 Å². The SMILES string of the molecule is C1CC[SiH2]CC1.S. The zero-order valence-corrected chi connectivity index (χ0v) is 7.16. The number of hydrogen-bond donors (Lipinski definition) is 0. The van der Waals surface area contributed by atoms with Gasteiger partial charge in [0, 0.05) is 9.52 Å². The van der Waals surface area contributed by atoms with Crippen molar-refractivity contribution < 1.29 is 0 Å². The van der Waals surface area contributed by atoms with E-state index in [4.69, 9.17) is 0 Å². The van der Waals surface area contributed by atoms with Gasteiger partial charge in [-0.25, -0.2) is 0 Å². The van der Waals surface area contributed by atoms with Crippen LogP contribution in [0.15, 0.2) is 0 Å². The van der Waals surface area contributed by atoms with E-state index in [0.29, 0.717) is 9.52 Å². The molecule has 1 rings (SSSR count). The highest BCUT2D eigenvalue weighted by atomic mass is 32.1. The van der Waals surface area contributed by atoms with E-state index in [9.17, 15) is 0 Å². The average Bonchev–Trinajstić information content (AvgIpc) is 1.72. The molecule has 0 aromatic carbocycles. The fourth-order valence-corrected chi connectivity index (χ4v) is 2.83. The van der Waals surface area contributed by atoms with E-state index in [1.54, 1.807) is 24.9 Å². The normalized spacial score (nSPS) is 20.6. The molecule has 0 aliphatic carbocycles. The van der Waals surface area contributed by atoms with Crippen molar-refractivity contribution >= 4 is 23.0 Å². The van der Waals surface area contributed by atoms with Gasteiger partial charge in [-0.2, -0.15) is 13.5 Å². The first-order valence-corrected chi connectivity index (χ1v) is 5.00. The van der Waals surface area contributed by atoms with E-state index in [0.717, 1.165) is 0 Å². The Hall–Kier alpha value is 0.567. The fraction of sp³-hybridized carbons (Fsp3) is 1.00. The van der Waals surface area contributed by atoms with Crippen LogP contribution in [0.2, 0.25) is 12.1 Å². The molecule has 1 saturated heterocycles. The van der Waals surface area contributed by atoms with Crippen LogP contribution in [-0.4, -0.2) is 9.52 Å². The van der Waals surface area contributed by atoms with E-state index < -0.39 is 0 Å². The average molecular weight is 134 g/mol. The molecule has 0 amide bonds. The van der Waals surface area contributed by atoms with E-state index in [2.05, 4.69) is 0 Å². The van der Waals surface area contributed by atoms with Crippen molar-refractivity contribution in [1.29, 1.82) is 0 Å². The summed E-state index contributed by atoms with van der Waals surface area (Å²) >= 11 is 0. The zero-order chi connectivity index (χ0) is 4.24. The summed E-state index contributed by atoms with van der Waals surface area (Å²) in [4.78, 5) is 0. The van der Waals surface area contributed by atoms with Crippen LogP contribution in [0, 0.1) is 0 Å². The first-order valence-electron chi connectivity index (χ1n) is 3.00. The second-order valence-electron chi connectivity index (χ2n) is 2.12. The van der Waals surface area contributed by atoms with Gasteiger partial charge in [-0.05, 0) is 0 Å². The van der Waals surface area contributed by atoms with E-state index in [1.165, 1.54) is 6.42 Å². The maximum atomic E-state index is 1.64. The summed E-state index contributed by atoms with van der Waals surface area (Å²) in [7, 11) is 0.508. The third-order valence-corrected chi connectivity index (χ3v) is 3.50. The Labute approximate surface area is 55.0 Å². The molecule has 0 unspecified atom stereocenters. The van der Waals surface area contributed by atoms with Crippen LogP contribution in [0.5, 0.6) is 0 Å². The van der Waals surface area contributed by atoms with Crippen molar-refractivity contribution in [3.8, 4) is 0 Å². The quantitative estimate of drug-likeness (QED) is 0.438. The maximum Gasteiger partial charge on any atom is 0.0197 e. The third kappa shape index (κ3) is 3.18. The highest BCUT2D eigenvalue weighted by molar-refractivity contribution is 7.59. The second kappa shape index (κ2) is 4.72. The smallest absolute Gasteiger partial charge is 0.0197 e. The highest BCUT2D eigenvalue weighted by Gasteiger charge is 1.96. The molecular weight excluding hydrogens is 120 g/mol. The molecule has 0 aromatic heterocycles. The van der Waals surface area contributed by atoms with E-state index in [-0.39, 0.29) is 13.5 Å². The molecule has 7 heavy (non-hydrogen) atoms. The van der Waals surface area contributed by atoms with Crippen molar-refractivity contribution in [3.05, 3.63) is 0 Å². The Morgan fingerprint density at radius 1 is 0.857 bits per heavy atom. The van der Waals surface area contributed by atoms with Crippen molar-refractivity contribution in [2.75, 3.05) is 0 Å². The Morgan fingerprint density at radius 2 is 1.43 bits per heavy atom. The highest BCUT2D eigenvalue weighted by Crippen LogP contribution is 2.10. The standard InChI is InChI=1S/C5H12Si.H2S/c1-2-4-6-5-3-1;/h1-6H2;1H2. The second-order valence-corrected chi connectivity index (χ2v) is 4.24. The first kappa shape index (κ1) is 7.57. The minimum atomic E-state index is 0. The predicted octanol–water partition coefficient (Wildman–Crippen LogP) is 1.29. The van der Waals surface area contributed by atoms with Gasteiger partial charge in [0.1, 0.15) is 0 Å². The van der Waals surface area contributed by atoms with Crippen LogP contribution < -0.4 is 0 Å². The molecule has 0 radical (unpaired) electrons. The van der Waals surface area contributed by atoms with Gasteiger partial charge >= 0.3 is 0 Å². The van der Waals surface area contributed by atoms with Crippen molar-refractivity contribution in [1.82, 2.24) is 0 Å². The summed E-state index contributed by atoms with van der Waals surface area (Å²) in [6.45, 7) is 0. The van der Waals surface area contributed by atoms with Gasteiger partial charge in [0.2, 0.25) is 0 Å². The summed E-state index contributed by atoms with van der Waals surface area (Å²) < 4.78 is 0. The monoisotopic (exact) mass is 134 g/mol. The van der Waals surface area contributed by atoms with Gasteiger partial charge in [-0.1, -0.05) is 31.4 Å². The molecule has 2 heteroatoms. The van der Waals surface area contributed by atoms with Gasteiger partial charge in [-0.15, -0.1) is 0 Å². The molecule has 0 atom stereocenters. The number of rotatable bonds is 0. The molecule has 0 saturated carbocycles. The zero-order valence-electron chi connectivity index (χ0n) is 4.74. The van der Waals surface area contributed by atoms with Crippen LogP contribution in [0.4, 0.5) is 0 Å². The Kier molecular flexibility index (Phi) is 5.10. The lowest BCUT2D eigenvalue weighted by molar-refractivity contribution is 0.734. The summed E-state index contributed by atoms with van der Waals surface area (Å²) in [6.07, 6.45) is 4.66. The molecular formula is C5H14SSi. The van der Waals surface area contributed by atoms with Gasteiger partial charge in [-0.3, -0.25) is 0 Å². The maximum absolute atomic E-state index is 1.64. The molecule has 0 nitrogen and oxygen atoms in total. The molecule has 44 valence electrons. The number of hydrogen-bond acceptors (Lipinski definition) is 0. The molecule has 0 spiro atoms. The molecule has 1 fully saturated rings. The first-order chi connectivity index (χ1) is 3.00. The topological polar surface area (TPSA) is 0 Å². The Bertz CT molecular complexity index is 23.6. The Balaban J connectivity index is 0.000000360. The molecule has 0 aromatic rings. The fourth-order valence-electron chi connectivity index (χ4n) is 1.06. The van der Waals surface area contributed by atoms with Crippen LogP contribution in [-0.2, 0) is 0 Å². The molecule has 0 bridgehead atoms. The lowest BCUT2D eigenvalue weighted by Crippen LogP contribution is -1.94. The minimum Gasteiger partial charge on any atom is -0.197 e. The van der Waals surface area contributed by atoms with Crippen molar-refractivity contribution in [2.45, 2.75) is 31.4 Å². The summed E-state index contributed by atoms with van der Waals surface area (Å²) in [5.74, 6) is 0. The summed E-state index contributed by atoms with van der Waals surface area (Å²) in [6, 6.07) is 3.28. The van der Waals surface area contributed by atoms with Gasteiger partial charge < -0.3 is 0 Å². The van der Waals surface area contributed by atoms with E-state index >= 15 is 0 Å². The van der Waals surface area contributed by atoms with Gasteiger partial charge in [0.05, 0.1) is 0 Å². The van der Waals surface area contributed by atoms with E-state index in [1.807, 2.05) is 0 Å². The summed E-state index contributed by atoms with van der Waals surface area (Å²) in [5.41, 5.74) is 0. The molecule has 1 heterocycles. The van der Waals surface area contributed by atoms with Crippen molar-refractivity contribution in [3.63, 3.8) is 0 Å². The predicted molar refractivity (Wildman–Crippen MR) is 42.4 cm³/mol. The molecule has 1 aliphatic rings. The van der Waals surface area contributed by atoms with Crippen LogP contribution >= 0.6 is 13.5 Å². The molecule has 1 aliphatic heterocycles.